The maximum absolute atomic E-state index is 6.10. The predicted molar refractivity (Wildman–Crippen MR) is 77.1 cm³/mol. The number of hydrogen-bond acceptors (Lipinski definition) is 3. The second-order valence-electron chi connectivity index (χ2n) is 4.50. The highest BCUT2D eigenvalue weighted by atomic mass is 35.5. The molecule has 17 heavy (non-hydrogen) atoms. The largest absolute Gasteiger partial charge is 0.399 e. The summed E-state index contributed by atoms with van der Waals surface area (Å²) in [5.74, 6) is 0. The van der Waals surface area contributed by atoms with E-state index in [9.17, 15) is 0 Å². The van der Waals surface area contributed by atoms with E-state index in [-0.39, 0.29) is 0 Å². The molecular weight excluding hydrogens is 257 g/mol. The van der Waals surface area contributed by atoms with Crippen molar-refractivity contribution in [2.45, 2.75) is 19.4 Å². The van der Waals surface area contributed by atoms with E-state index in [1.54, 1.807) is 12.1 Å². The summed E-state index contributed by atoms with van der Waals surface area (Å²) in [7, 11) is 4.10. The van der Waals surface area contributed by atoms with Crippen molar-refractivity contribution < 1.29 is 0 Å². The van der Waals surface area contributed by atoms with Crippen LogP contribution in [0.1, 0.15) is 13.3 Å². The van der Waals surface area contributed by atoms with Crippen LogP contribution >= 0.6 is 23.2 Å². The quantitative estimate of drug-likeness (QED) is 0.810. The van der Waals surface area contributed by atoms with Crippen LogP contribution in [0.15, 0.2) is 12.1 Å². The molecule has 0 bridgehead atoms. The van der Waals surface area contributed by atoms with Crippen molar-refractivity contribution in [3.8, 4) is 0 Å². The number of halogens is 2. The summed E-state index contributed by atoms with van der Waals surface area (Å²) in [5, 5.41) is 4.44. The predicted octanol–water partition coefficient (Wildman–Crippen LogP) is 3.33. The van der Waals surface area contributed by atoms with Crippen molar-refractivity contribution in [3.05, 3.63) is 22.2 Å². The van der Waals surface area contributed by atoms with Gasteiger partial charge in [-0.3, -0.25) is 0 Å². The molecule has 96 valence electrons. The minimum Gasteiger partial charge on any atom is -0.399 e. The van der Waals surface area contributed by atoms with Crippen LogP contribution in [0.5, 0.6) is 0 Å². The van der Waals surface area contributed by atoms with Gasteiger partial charge in [-0.25, -0.2) is 0 Å². The molecule has 0 saturated carbocycles. The van der Waals surface area contributed by atoms with Crippen molar-refractivity contribution in [2.75, 3.05) is 31.7 Å². The monoisotopic (exact) mass is 275 g/mol. The van der Waals surface area contributed by atoms with Crippen molar-refractivity contribution in [3.63, 3.8) is 0 Å². The van der Waals surface area contributed by atoms with Crippen LogP contribution in [-0.2, 0) is 0 Å². The van der Waals surface area contributed by atoms with E-state index in [2.05, 4.69) is 31.2 Å². The maximum Gasteiger partial charge on any atom is 0.0722 e. The lowest BCUT2D eigenvalue weighted by molar-refractivity contribution is 0.390. The van der Waals surface area contributed by atoms with Crippen molar-refractivity contribution >= 4 is 34.6 Å². The topological polar surface area (TPSA) is 41.3 Å². The standard InChI is InChI=1S/C12H19Cl2N3/c1-8(4-5-17(2)3)16-12-10(13)6-9(15)7-11(12)14/h6-8,16H,4-5,15H2,1-3H3. The van der Waals surface area contributed by atoms with Crippen molar-refractivity contribution in [2.24, 2.45) is 0 Å². The highest BCUT2D eigenvalue weighted by Gasteiger charge is 2.10. The maximum atomic E-state index is 6.10. The molecule has 0 aliphatic heterocycles. The fourth-order valence-corrected chi connectivity index (χ4v) is 2.11. The molecule has 0 fully saturated rings. The van der Waals surface area contributed by atoms with E-state index >= 15 is 0 Å². The summed E-state index contributed by atoms with van der Waals surface area (Å²) in [4.78, 5) is 2.14. The molecule has 0 spiro atoms. The Labute approximate surface area is 113 Å². The van der Waals surface area contributed by atoms with Gasteiger partial charge < -0.3 is 16.0 Å². The second kappa shape index (κ2) is 6.34. The fraction of sp³-hybridized carbons (Fsp3) is 0.500. The van der Waals surface area contributed by atoms with E-state index in [1.165, 1.54) is 0 Å². The van der Waals surface area contributed by atoms with Crippen LogP contribution in [0.2, 0.25) is 10.0 Å². The van der Waals surface area contributed by atoms with Gasteiger partial charge in [-0.1, -0.05) is 23.2 Å². The Morgan fingerprint density at radius 3 is 2.29 bits per heavy atom. The molecule has 1 rings (SSSR count). The third kappa shape index (κ3) is 4.62. The van der Waals surface area contributed by atoms with Gasteiger partial charge in [0.25, 0.3) is 0 Å². The van der Waals surface area contributed by atoms with Gasteiger partial charge in [0.2, 0.25) is 0 Å². The van der Waals surface area contributed by atoms with E-state index in [0.29, 0.717) is 21.8 Å². The average molecular weight is 276 g/mol. The summed E-state index contributed by atoms with van der Waals surface area (Å²) in [5.41, 5.74) is 6.99. The number of benzene rings is 1. The van der Waals surface area contributed by atoms with E-state index in [1.807, 2.05) is 0 Å². The van der Waals surface area contributed by atoms with Crippen molar-refractivity contribution in [1.29, 1.82) is 0 Å². The van der Waals surface area contributed by atoms with Gasteiger partial charge >= 0.3 is 0 Å². The number of anilines is 2. The molecule has 0 aromatic heterocycles. The van der Waals surface area contributed by atoms with Gasteiger partial charge in [0, 0.05) is 11.7 Å². The second-order valence-corrected chi connectivity index (χ2v) is 5.31. The van der Waals surface area contributed by atoms with E-state index in [4.69, 9.17) is 28.9 Å². The first-order chi connectivity index (χ1) is 7.90. The van der Waals surface area contributed by atoms with E-state index < -0.39 is 0 Å². The summed E-state index contributed by atoms with van der Waals surface area (Å²) < 4.78 is 0. The number of nitrogen functional groups attached to an aromatic ring is 1. The molecule has 0 amide bonds. The SMILES string of the molecule is CC(CCN(C)C)Nc1c(Cl)cc(N)cc1Cl. The zero-order valence-electron chi connectivity index (χ0n) is 10.4. The number of nitrogens with one attached hydrogen (secondary N) is 1. The van der Waals surface area contributed by atoms with Crippen LogP contribution in [-0.4, -0.2) is 31.6 Å². The highest BCUT2D eigenvalue weighted by molar-refractivity contribution is 6.39. The van der Waals surface area contributed by atoms with Crippen LogP contribution in [0, 0.1) is 0 Å². The van der Waals surface area contributed by atoms with Crippen LogP contribution in [0.3, 0.4) is 0 Å². The van der Waals surface area contributed by atoms with Gasteiger partial charge in [0.1, 0.15) is 0 Å². The Hall–Kier alpha value is -0.640. The molecule has 1 unspecified atom stereocenters. The molecule has 0 aliphatic carbocycles. The minimum absolute atomic E-state index is 0.302. The third-order valence-electron chi connectivity index (χ3n) is 2.46. The Morgan fingerprint density at radius 2 is 1.82 bits per heavy atom. The van der Waals surface area contributed by atoms with Gasteiger partial charge in [-0.05, 0) is 46.1 Å². The first-order valence-electron chi connectivity index (χ1n) is 5.56. The number of nitrogens with zero attached hydrogens (tertiary/aromatic N) is 1. The van der Waals surface area contributed by atoms with E-state index in [0.717, 1.165) is 18.7 Å². The van der Waals surface area contributed by atoms with Gasteiger partial charge in [-0.2, -0.15) is 0 Å². The van der Waals surface area contributed by atoms with Crippen LogP contribution in [0.25, 0.3) is 0 Å². The van der Waals surface area contributed by atoms with Crippen LogP contribution in [0.4, 0.5) is 11.4 Å². The Balaban J connectivity index is 2.68. The fourth-order valence-electron chi connectivity index (χ4n) is 1.50. The molecular formula is C12H19Cl2N3. The molecule has 0 radical (unpaired) electrons. The molecule has 0 saturated heterocycles. The third-order valence-corrected chi connectivity index (χ3v) is 3.06. The number of rotatable bonds is 5. The Bertz CT molecular complexity index is 357. The zero-order valence-corrected chi connectivity index (χ0v) is 11.9. The van der Waals surface area contributed by atoms with Gasteiger partial charge in [-0.15, -0.1) is 0 Å². The Morgan fingerprint density at radius 1 is 1.29 bits per heavy atom. The summed E-state index contributed by atoms with van der Waals surface area (Å²) in [6.45, 7) is 3.12. The smallest absolute Gasteiger partial charge is 0.0722 e. The molecule has 3 N–H and O–H groups in total. The lowest BCUT2D eigenvalue weighted by Gasteiger charge is -2.19. The summed E-state index contributed by atoms with van der Waals surface area (Å²) in [6, 6.07) is 3.71. The van der Waals surface area contributed by atoms with Gasteiger partial charge in [0.15, 0.2) is 0 Å². The summed E-state index contributed by atoms with van der Waals surface area (Å²) in [6.07, 6.45) is 1.02. The summed E-state index contributed by atoms with van der Waals surface area (Å²) >= 11 is 12.2. The lowest BCUT2D eigenvalue weighted by atomic mass is 10.2. The highest BCUT2D eigenvalue weighted by Crippen LogP contribution is 2.33. The van der Waals surface area contributed by atoms with Crippen LogP contribution < -0.4 is 11.1 Å². The molecule has 0 aliphatic rings. The zero-order chi connectivity index (χ0) is 13.0. The number of hydrogen-bond donors (Lipinski definition) is 2. The molecule has 1 aromatic rings. The number of nitrogens with two attached hydrogens (primary N) is 1. The molecule has 1 atom stereocenters. The normalized spacial score (nSPS) is 12.8. The molecule has 5 heteroatoms. The minimum atomic E-state index is 0.302. The average Bonchev–Trinajstić information content (AvgIpc) is 2.20. The molecule has 3 nitrogen and oxygen atoms in total. The lowest BCUT2D eigenvalue weighted by Crippen LogP contribution is -2.23. The van der Waals surface area contributed by atoms with Crippen molar-refractivity contribution in [1.82, 2.24) is 4.90 Å². The van der Waals surface area contributed by atoms with Gasteiger partial charge in [0.05, 0.1) is 15.7 Å². The first-order valence-corrected chi connectivity index (χ1v) is 6.31. The molecule has 1 aromatic carbocycles. The molecule has 0 heterocycles. The Kier molecular flexibility index (Phi) is 5.37. The first kappa shape index (κ1) is 14.4.